The third-order valence-corrected chi connectivity index (χ3v) is 4.06. The standard InChI is InChI=1S/C19H31FO/c1-2-3-4-5-6-7-8-9-10-11-15-19(21)17-13-12-14-18(20)16-17/h12-14,16,19,21H,2-11,15H2,1H3. The molecule has 1 unspecified atom stereocenters. The molecular weight excluding hydrogens is 263 g/mol. The third-order valence-electron chi connectivity index (χ3n) is 4.06. The lowest BCUT2D eigenvalue weighted by Gasteiger charge is -2.10. The summed E-state index contributed by atoms with van der Waals surface area (Å²) in [5.41, 5.74) is 0.700. The molecular formula is C19H31FO. The molecule has 1 aromatic carbocycles. The summed E-state index contributed by atoms with van der Waals surface area (Å²) in [7, 11) is 0. The van der Waals surface area contributed by atoms with Crippen LogP contribution in [0.15, 0.2) is 24.3 Å². The van der Waals surface area contributed by atoms with Crippen LogP contribution in [0.5, 0.6) is 0 Å². The Morgan fingerprint density at radius 3 is 2.05 bits per heavy atom. The highest BCUT2D eigenvalue weighted by atomic mass is 19.1. The molecule has 1 N–H and O–H groups in total. The number of hydrogen-bond acceptors (Lipinski definition) is 1. The second-order valence-electron chi connectivity index (χ2n) is 6.04. The first-order valence-corrected chi connectivity index (χ1v) is 8.67. The predicted octanol–water partition coefficient (Wildman–Crippen LogP) is 6.17. The van der Waals surface area contributed by atoms with E-state index in [-0.39, 0.29) is 5.82 Å². The Hall–Kier alpha value is -0.890. The minimum Gasteiger partial charge on any atom is -0.388 e. The lowest BCUT2D eigenvalue weighted by atomic mass is 10.0. The number of halogens is 1. The largest absolute Gasteiger partial charge is 0.388 e. The molecule has 1 atom stereocenters. The average Bonchev–Trinajstić information content (AvgIpc) is 2.49. The smallest absolute Gasteiger partial charge is 0.123 e. The van der Waals surface area contributed by atoms with E-state index in [9.17, 15) is 9.50 Å². The van der Waals surface area contributed by atoms with Crippen molar-refractivity contribution in [1.29, 1.82) is 0 Å². The minimum absolute atomic E-state index is 0.269. The molecule has 0 saturated carbocycles. The first-order valence-electron chi connectivity index (χ1n) is 8.67. The molecule has 0 bridgehead atoms. The highest BCUT2D eigenvalue weighted by Crippen LogP contribution is 2.21. The molecule has 1 rings (SSSR count). The molecule has 120 valence electrons. The van der Waals surface area contributed by atoms with Crippen LogP contribution in [0.3, 0.4) is 0 Å². The molecule has 0 aliphatic heterocycles. The van der Waals surface area contributed by atoms with Gasteiger partial charge in [-0.25, -0.2) is 4.39 Å². The molecule has 0 aromatic heterocycles. The maximum atomic E-state index is 13.1. The first-order chi connectivity index (χ1) is 10.2. The normalized spacial score (nSPS) is 12.5. The molecule has 1 aromatic rings. The summed E-state index contributed by atoms with van der Waals surface area (Å²) in [6, 6.07) is 6.30. The molecule has 21 heavy (non-hydrogen) atoms. The SMILES string of the molecule is CCCCCCCCCCCCC(O)c1cccc(F)c1. The van der Waals surface area contributed by atoms with Crippen molar-refractivity contribution in [2.24, 2.45) is 0 Å². The molecule has 0 aliphatic rings. The Bertz CT molecular complexity index is 364. The van der Waals surface area contributed by atoms with Crippen LogP contribution >= 0.6 is 0 Å². The first kappa shape index (κ1) is 18.2. The van der Waals surface area contributed by atoms with Gasteiger partial charge in [0.05, 0.1) is 6.10 Å². The van der Waals surface area contributed by atoms with E-state index in [0.29, 0.717) is 5.56 Å². The van der Waals surface area contributed by atoms with Crippen LogP contribution in [0.2, 0.25) is 0 Å². The molecule has 0 heterocycles. The van der Waals surface area contributed by atoms with E-state index in [0.717, 1.165) is 12.8 Å². The average molecular weight is 294 g/mol. The summed E-state index contributed by atoms with van der Waals surface area (Å²) in [6.45, 7) is 2.25. The van der Waals surface area contributed by atoms with Crippen molar-refractivity contribution in [3.8, 4) is 0 Å². The lowest BCUT2D eigenvalue weighted by molar-refractivity contribution is 0.163. The molecule has 0 amide bonds. The number of hydrogen-bond donors (Lipinski definition) is 1. The summed E-state index contributed by atoms with van der Waals surface area (Å²) >= 11 is 0. The van der Waals surface area contributed by atoms with Gasteiger partial charge in [-0.3, -0.25) is 0 Å². The molecule has 2 heteroatoms. The Balaban J connectivity index is 1.96. The van der Waals surface area contributed by atoms with E-state index in [2.05, 4.69) is 6.92 Å². The van der Waals surface area contributed by atoms with Crippen LogP contribution < -0.4 is 0 Å². The van der Waals surface area contributed by atoms with Gasteiger partial charge in [-0.15, -0.1) is 0 Å². The highest BCUT2D eigenvalue weighted by Gasteiger charge is 2.07. The fourth-order valence-corrected chi connectivity index (χ4v) is 2.71. The van der Waals surface area contributed by atoms with Gasteiger partial charge >= 0.3 is 0 Å². The van der Waals surface area contributed by atoms with Gasteiger partial charge in [-0.1, -0.05) is 83.3 Å². The van der Waals surface area contributed by atoms with E-state index < -0.39 is 6.10 Å². The fraction of sp³-hybridized carbons (Fsp3) is 0.684. The lowest BCUT2D eigenvalue weighted by Crippen LogP contribution is -1.97. The monoisotopic (exact) mass is 294 g/mol. The maximum Gasteiger partial charge on any atom is 0.123 e. The van der Waals surface area contributed by atoms with Crippen LogP contribution in [0, 0.1) is 5.82 Å². The summed E-state index contributed by atoms with van der Waals surface area (Å²) in [5, 5.41) is 10.0. The molecule has 0 radical (unpaired) electrons. The number of benzene rings is 1. The van der Waals surface area contributed by atoms with Gasteiger partial charge in [0.15, 0.2) is 0 Å². The van der Waals surface area contributed by atoms with Gasteiger partial charge in [0.2, 0.25) is 0 Å². The van der Waals surface area contributed by atoms with Gasteiger partial charge in [-0.05, 0) is 24.1 Å². The molecule has 0 spiro atoms. The predicted molar refractivity (Wildman–Crippen MR) is 87.8 cm³/mol. The fourth-order valence-electron chi connectivity index (χ4n) is 2.71. The zero-order chi connectivity index (χ0) is 15.3. The summed E-state index contributed by atoms with van der Waals surface area (Å²) in [5.74, 6) is -0.269. The summed E-state index contributed by atoms with van der Waals surface area (Å²) < 4.78 is 13.1. The van der Waals surface area contributed by atoms with Gasteiger partial charge < -0.3 is 5.11 Å². The maximum absolute atomic E-state index is 13.1. The molecule has 0 saturated heterocycles. The molecule has 1 nitrogen and oxygen atoms in total. The van der Waals surface area contributed by atoms with E-state index in [1.165, 1.54) is 69.9 Å². The van der Waals surface area contributed by atoms with Crippen molar-refractivity contribution in [1.82, 2.24) is 0 Å². The van der Waals surface area contributed by atoms with Gasteiger partial charge in [0, 0.05) is 0 Å². The quantitative estimate of drug-likeness (QED) is 0.457. The van der Waals surface area contributed by atoms with Gasteiger partial charge in [0.25, 0.3) is 0 Å². The van der Waals surface area contributed by atoms with Crippen molar-refractivity contribution in [2.75, 3.05) is 0 Å². The number of aliphatic hydroxyl groups is 1. The topological polar surface area (TPSA) is 20.2 Å². The highest BCUT2D eigenvalue weighted by molar-refractivity contribution is 5.18. The van der Waals surface area contributed by atoms with Crippen LogP contribution in [-0.2, 0) is 0 Å². The number of rotatable bonds is 12. The summed E-state index contributed by atoms with van der Waals surface area (Å²) in [4.78, 5) is 0. The zero-order valence-electron chi connectivity index (χ0n) is 13.5. The van der Waals surface area contributed by atoms with Crippen molar-refractivity contribution in [3.63, 3.8) is 0 Å². The Morgan fingerprint density at radius 2 is 1.48 bits per heavy atom. The Kier molecular flexibility index (Phi) is 10.1. The molecule has 0 aliphatic carbocycles. The van der Waals surface area contributed by atoms with Crippen LogP contribution in [0.1, 0.15) is 89.2 Å². The van der Waals surface area contributed by atoms with Crippen LogP contribution in [0.4, 0.5) is 4.39 Å². The Labute approximate surface area is 129 Å². The second-order valence-corrected chi connectivity index (χ2v) is 6.04. The third kappa shape index (κ3) is 8.87. The van der Waals surface area contributed by atoms with Crippen LogP contribution in [-0.4, -0.2) is 5.11 Å². The number of aliphatic hydroxyl groups excluding tert-OH is 1. The van der Waals surface area contributed by atoms with Crippen molar-refractivity contribution in [2.45, 2.75) is 83.7 Å². The van der Waals surface area contributed by atoms with Gasteiger partial charge in [0.1, 0.15) is 5.82 Å². The van der Waals surface area contributed by atoms with Crippen LogP contribution in [0.25, 0.3) is 0 Å². The second kappa shape index (κ2) is 11.7. The van der Waals surface area contributed by atoms with Gasteiger partial charge in [-0.2, -0.15) is 0 Å². The van der Waals surface area contributed by atoms with Crippen molar-refractivity contribution in [3.05, 3.63) is 35.6 Å². The van der Waals surface area contributed by atoms with E-state index in [1.807, 2.05) is 0 Å². The van der Waals surface area contributed by atoms with E-state index in [4.69, 9.17) is 0 Å². The molecule has 0 fully saturated rings. The Morgan fingerprint density at radius 1 is 0.905 bits per heavy atom. The van der Waals surface area contributed by atoms with E-state index >= 15 is 0 Å². The van der Waals surface area contributed by atoms with E-state index in [1.54, 1.807) is 12.1 Å². The zero-order valence-corrected chi connectivity index (χ0v) is 13.5. The minimum atomic E-state index is -0.519. The van der Waals surface area contributed by atoms with Crippen molar-refractivity contribution < 1.29 is 9.50 Å². The number of unbranched alkanes of at least 4 members (excludes halogenated alkanes) is 9. The van der Waals surface area contributed by atoms with Crippen molar-refractivity contribution >= 4 is 0 Å². The summed E-state index contributed by atoms with van der Waals surface area (Å²) in [6.07, 6.45) is 13.1.